The second-order valence-electron chi connectivity index (χ2n) is 8.29. The summed E-state index contributed by atoms with van der Waals surface area (Å²) >= 11 is 0. The first kappa shape index (κ1) is 19.2. The van der Waals surface area contributed by atoms with E-state index in [0.29, 0.717) is 11.5 Å². The van der Waals surface area contributed by atoms with Crippen molar-refractivity contribution < 1.29 is 14.7 Å². The molecule has 0 spiro atoms. The van der Waals surface area contributed by atoms with Crippen molar-refractivity contribution in [3.05, 3.63) is 70.8 Å². The zero-order valence-electron chi connectivity index (χ0n) is 16.2. The Hall–Kier alpha value is -2.62. The number of aromatic carboxylic acids is 1. The Bertz CT molecular complexity index is 825. The van der Waals surface area contributed by atoms with Crippen LogP contribution in [0.3, 0.4) is 0 Å². The summed E-state index contributed by atoms with van der Waals surface area (Å²) in [5.74, 6) is -0.527. The number of hydrogen-bond acceptors (Lipinski definition) is 2. The van der Waals surface area contributed by atoms with Gasteiger partial charge in [-0.2, -0.15) is 0 Å². The van der Waals surface area contributed by atoms with Crippen molar-refractivity contribution >= 4 is 11.9 Å². The number of likely N-dealkylation sites (tertiary alicyclic amines) is 1. The molecule has 0 unspecified atom stereocenters. The van der Waals surface area contributed by atoms with Crippen LogP contribution in [0.15, 0.2) is 48.5 Å². The Morgan fingerprint density at radius 1 is 0.926 bits per heavy atom. The van der Waals surface area contributed by atoms with Gasteiger partial charge in [0.15, 0.2) is 0 Å². The molecule has 0 radical (unpaired) electrons. The number of carbonyl (C=O) groups is 2. The Morgan fingerprint density at radius 2 is 1.48 bits per heavy atom. The summed E-state index contributed by atoms with van der Waals surface area (Å²) in [6, 6.07) is 14.8. The van der Waals surface area contributed by atoms with Crippen molar-refractivity contribution in [2.45, 2.75) is 44.9 Å². The average Bonchev–Trinajstić information content (AvgIpc) is 2.67. The molecule has 1 amide bonds. The molecule has 0 aromatic heterocycles. The van der Waals surface area contributed by atoms with E-state index in [1.807, 2.05) is 4.90 Å². The normalized spacial score (nSPS) is 15.6. The molecular weight excluding hydrogens is 338 g/mol. The highest BCUT2D eigenvalue weighted by atomic mass is 16.4. The van der Waals surface area contributed by atoms with Gasteiger partial charge >= 0.3 is 5.97 Å². The molecule has 0 aliphatic carbocycles. The topological polar surface area (TPSA) is 57.6 Å². The SMILES string of the molecule is CC(C)(C)c1ccccc1C1CCN(C(=O)c2ccc(C(=O)O)cc2)CC1. The molecule has 1 aliphatic heterocycles. The lowest BCUT2D eigenvalue weighted by Crippen LogP contribution is -2.38. The van der Waals surface area contributed by atoms with E-state index < -0.39 is 5.97 Å². The molecule has 1 fully saturated rings. The van der Waals surface area contributed by atoms with Crippen molar-refractivity contribution in [1.29, 1.82) is 0 Å². The molecule has 4 nitrogen and oxygen atoms in total. The number of piperidine rings is 1. The summed E-state index contributed by atoms with van der Waals surface area (Å²) < 4.78 is 0. The molecular formula is C23H27NO3. The van der Waals surface area contributed by atoms with Crippen molar-refractivity contribution in [1.82, 2.24) is 4.90 Å². The summed E-state index contributed by atoms with van der Waals surface area (Å²) in [5.41, 5.74) is 3.65. The van der Waals surface area contributed by atoms with Gasteiger partial charge < -0.3 is 10.0 Å². The fourth-order valence-corrected chi connectivity index (χ4v) is 3.87. The third-order valence-electron chi connectivity index (χ3n) is 5.37. The maximum atomic E-state index is 12.7. The first-order valence-electron chi connectivity index (χ1n) is 9.49. The highest BCUT2D eigenvalue weighted by molar-refractivity contribution is 5.96. The van der Waals surface area contributed by atoms with Crippen LogP contribution in [0.2, 0.25) is 0 Å². The number of carbonyl (C=O) groups excluding carboxylic acids is 1. The summed E-state index contributed by atoms with van der Waals surface area (Å²) in [7, 11) is 0. The van der Waals surface area contributed by atoms with Crippen LogP contribution in [-0.2, 0) is 5.41 Å². The number of benzene rings is 2. The largest absolute Gasteiger partial charge is 0.478 e. The summed E-state index contributed by atoms with van der Waals surface area (Å²) in [6.45, 7) is 8.17. The fraction of sp³-hybridized carbons (Fsp3) is 0.391. The number of rotatable bonds is 3. The van der Waals surface area contributed by atoms with Gasteiger partial charge in [0.25, 0.3) is 5.91 Å². The highest BCUT2D eigenvalue weighted by Crippen LogP contribution is 2.35. The maximum absolute atomic E-state index is 12.7. The molecule has 2 aromatic carbocycles. The number of nitrogens with zero attached hydrogens (tertiary/aromatic N) is 1. The van der Waals surface area contributed by atoms with E-state index in [2.05, 4.69) is 45.0 Å². The second-order valence-corrected chi connectivity index (χ2v) is 8.29. The molecule has 1 heterocycles. The number of amides is 1. The standard InChI is InChI=1S/C23H27NO3/c1-23(2,3)20-7-5-4-6-19(20)16-12-14-24(15-13-16)21(25)17-8-10-18(11-9-17)22(26)27/h4-11,16H,12-15H2,1-3H3,(H,26,27). The Morgan fingerprint density at radius 3 is 2.04 bits per heavy atom. The zero-order chi connectivity index (χ0) is 19.6. The van der Waals surface area contributed by atoms with Crippen LogP contribution in [0.5, 0.6) is 0 Å². The first-order valence-corrected chi connectivity index (χ1v) is 9.49. The highest BCUT2D eigenvalue weighted by Gasteiger charge is 2.28. The van der Waals surface area contributed by atoms with E-state index in [-0.39, 0.29) is 16.9 Å². The quantitative estimate of drug-likeness (QED) is 0.857. The van der Waals surface area contributed by atoms with Gasteiger partial charge in [-0.15, -0.1) is 0 Å². The van der Waals surface area contributed by atoms with Gasteiger partial charge in [0.05, 0.1) is 5.56 Å². The third kappa shape index (κ3) is 4.21. The average molecular weight is 365 g/mol. The van der Waals surface area contributed by atoms with Crippen LogP contribution < -0.4 is 0 Å². The minimum Gasteiger partial charge on any atom is -0.478 e. The lowest BCUT2D eigenvalue weighted by molar-refractivity contribution is 0.0689. The molecule has 142 valence electrons. The molecule has 0 atom stereocenters. The minimum absolute atomic E-state index is 0.0190. The fourth-order valence-electron chi connectivity index (χ4n) is 3.87. The summed E-state index contributed by atoms with van der Waals surface area (Å²) in [6.07, 6.45) is 1.90. The zero-order valence-corrected chi connectivity index (χ0v) is 16.2. The lowest BCUT2D eigenvalue weighted by atomic mass is 9.77. The van der Waals surface area contributed by atoms with Crippen LogP contribution in [0.1, 0.15) is 71.4 Å². The Labute approximate surface area is 160 Å². The predicted molar refractivity (Wildman–Crippen MR) is 106 cm³/mol. The van der Waals surface area contributed by atoms with Crippen LogP contribution in [0.25, 0.3) is 0 Å². The number of carboxylic acids is 1. The van der Waals surface area contributed by atoms with E-state index in [1.54, 1.807) is 12.1 Å². The van der Waals surface area contributed by atoms with E-state index in [0.717, 1.165) is 25.9 Å². The van der Waals surface area contributed by atoms with Crippen molar-refractivity contribution in [3.63, 3.8) is 0 Å². The summed E-state index contributed by atoms with van der Waals surface area (Å²) in [5, 5.41) is 8.98. The molecule has 3 rings (SSSR count). The molecule has 27 heavy (non-hydrogen) atoms. The van der Waals surface area contributed by atoms with Crippen LogP contribution in [0.4, 0.5) is 0 Å². The third-order valence-corrected chi connectivity index (χ3v) is 5.37. The van der Waals surface area contributed by atoms with Gasteiger partial charge in [-0.25, -0.2) is 4.79 Å². The minimum atomic E-state index is -0.979. The molecule has 0 saturated carbocycles. The monoisotopic (exact) mass is 365 g/mol. The van der Waals surface area contributed by atoms with Gasteiger partial charge in [0, 0.05) is 18.7 Å². The number of carboxylic acid groups (broad SMARTS) is 1. The van der Waals surface area contributed by atoms with Gasteiger partial charge in [-0.1, -0.05) is 45.0 Å². The van der Waals surface area contributed by atoms with E-state index >= 15 is 0 Å². The number of hydrogen-bond donors (Lipinski definition) is 1. The van der Waals surface area contributed by atoms with Gasteiger partial charge in [0.1, 0.15) is 0 Å². The van der Waals surface area contributed by atoms with Crippen LogP contribution in [-0.4, -0.2) is 35.0 Å². The molecule has 4 heteroatoms. The van der Waals surface area contributed by atoms with Crippen LogP contribution in [0, 0.1) is 0 Å². The molecule has 2 aromatic rings. The summed E-state index contributed by atoms with van der Waals surface area (Å²) in [4.78, 5) is 25.6. The molecule has 1 aliphatic rings. The van der Waals surface area contributed by atoms with Gasteiger partial charge in [0.2, 0.25) is 0 Å². The van der Waals surface area contributed by atoms with E-state index in [9.17, 15) is 9.59 Å². The van der Waals surface area contributed by atoms with Crippen molar-refractivity contribution in [3.8, 4) is 0 Å². The second kappa shape index (κ2) is 7.55. The Balaban J connectivity index is 1.69. The Kier molecular flexibility index (Phi) is 5.36. The van der Waals surface area contributed by atoms with Gasteiger partial charge in [-0.3, -0.25) is 4.79 Å². The molecule has 0 bridgehead atoms. The van der Waals surface area contributed by atoms with E-state index in [1.165, 1.54) is 23.3 Å². The smallest absolute Gasteiger partial charge is 0.335 e. The predicted octanol–water partition coefficient (Wildman–Crippen LogP) is 4.70. The van der Waals surface area contributed by atoms with Gasteiger partial charge in [-0.05, 0) is 59.6 Å². The molecule has 1 N–H and O–H groups in total. The van der Waals surface area contributed by atoms with E-state index in [4.69, 9.17) is 5.11 Å². The van der Waals surface area contributed by atoms with Crippen molar-refractivity contribution in [2.24, 2.45) is 0 Å². The van der Waals surface area contributed by atoms with Crippen molar-refractivity contribution in [2.75, 3.05) is 13.1 Å². The van der Waals surface area contributed by atoms with Crippen LogP contribution >= 0.6 is 0 Å². The maximum Gasteiger partial charge on any atom is 0.335 e. The molecule has 1 saturated heterocycles. The first-order chi connectivity index (χ1) is 12.8. The lowest BCUT2D eigenvalue weighted by Gasteiger charge is -2.35.